The molecule has 0 aromatic carbocycles. The molecule has 1 rings (SSSR count). The third-order valence-electron chi connectivity index (χ3n) is 1.71. The Morgan fingerprint density at radius 3 is 2.71 bits per heavy atom. The molecule has 0 radical (unpaired) electrons. The van der Waals surface area contributed by atoms with Gasteiger partial charge in [-0.15, -0.1) is 0 Å². The minimum Gasteiger partial charge on any atom is -0.478 e. The number of carbonyl (C=O) groups excluding carboxylic acids is 2. The maximum absolute atomic E-state index is 11.2. The Bertz CT molecular complexity index is 296. The largest absolute Gasteiger partial charge is 0.478 e. The summed E-state index contributed by atoms with van der Waals surface area (Å²) in [4.78, 5) is 33.8. The van der Waals surface area contributed by atoms with Crippen molar-refractivity contribution in [2.45, 2.75) is 6.42 Å². The minimum absolute atomic E-state index is 0.158. The Morgan fingerprint density at radius 2 is 2.21 bits per heavy atom. The number of aliphatic carboxylic acids is 1. The highest BCUT2D eigenvalue weighted by Crippen LogP contribution is 2.19. The second-order valence-electron chi connectivity index (χ2n) is 2.75. The van der Waals surface area contributed by atoms with Crippen LogP contribution in [-0.4, -0.2) is 39.4 Å². The summed E-state index contributed by atoms with van der Waals surface area (Å²) in [6.45, 7) is 3.04. The highest BCUT2D eigenvalue weighted by Gasteiger charge is 2.27. The van der Waals surface area contributed by atoms with Gasteiger partial charge in [0, 0.05) is 17.7 Å². The molecule has 0 aromatic heterocycles. The van der Waals surface area contributed by atoms with Crippen LogP contribution in [0.25, 0.3) is 0 Å². The Morgan fingerprint density at radius 1 is 1.57 bits per heavy atom. The molecule has 0 spiro atoms. The molecule has 6 heteroatoms. The molecule has 2 amide bonds. The fraction of sp³-hybridized carbons (Fsp3) is 0.375. The number of rotatable bonds is 3. The van der Waals surface area contributed by atoms with Crippen LogP contribution in [0.4, 0.5) is 4.79 Å². The third-order valence-corrected chi connectivity index (χ3v) is 2.59. The third kappa shape index (κ3) is 2.35. The Balaban J connectivity index is 2.65. The van der Waals surface area contributed by atoms with Crippen LogP contribution in [0.15, 0.2) is 12.2 Å². The van der Waals surface area contributed by atoms with Crippen molar-refractivity contribution in [3.63, 3.8) is 0 Å². The van der Waals surface area contributed by atoms with Gasteiger partial charge >= 0.3 is 5.97 Å². The van der Waals surface area contributed by atoms with Gasteiger partial charge in [0.1, 0.15) is 0 Å². The van der Waals surface area contributed by atoms with Crippen LogP contribution < -0.4 is 0 Å². The van der Waals surface area contributed by atoms with Gasteiger partial charge in [0.2, 0.25) is 5.91 Å². The van der Waals surface area contributed by atoms with Crippen molar-refractivity contribution < 1.29 is 19.5 Å². The zero-order valence-electron chi connectivity index (χ0n) is 7.36. The van der Waals surface area contributed by atoms with E-state index >= 15 is 0 Å². The van der Waals surface area contributed by atoms with Crippen LogP contribution in [0.5, 0.6) is 0 Å². The molecule has 1 aliphatic heterocycles. The van der Waals surface area contributed by atoms with Gasteiger partial charge in [0.15, 0.2) is 0 Å². The first-order valence-electron chi connectivity index (χ1n) is 3.90. The summed E-state index contributed by atoms with van der Waals surface area (Å²) in [5.74, 6) is -1.06. The van der Waals surface area contributed by atoms with E-state index in [2.05, 4.69) is 6.58 Å². The van der Waals surface area contributed by atoms with E-state index in [1.807, 2.05) is 0 Å². The minimum atomic E-state index is -1.19. The molecule has 0 saturated carbocycles. The van der Waals surface area contributed by atoms with Gasteiger partial charge in [-0.25, -0.2) is 4.79 Å². The Labute approximate surface area is 84.8 Å². The quantitative estimate of drug-likeness (QED) is 0.702. The molecule has 0 unspecified atom stereocenters. The molecule has 0 aromatic rings. The zero-order chi connectivity index (χ0) is 10.7. The lowest BCUT2D eigenvalue weighted by molar-refractivity contribution is -0.133. The molecule has 1 aliphatic rings. The number of imide groups is 1. The number of carboxylic acids is 1. The molecule has 76 valence electrons. The lowest BCUT2D eigenvalue weighted by atomic mass is 10.3. The van der Waals surface area contributed by atoms with E-state index < -0.39 is 11.2 Å². The summed E-state index contributed by atoms with van der Waals surface area (Å²) < 4.78 is 0. The number of nitrogens with zero attached hydrogens (tertiary/aromatic N) is 1. The van der Waals surface area contributed by atoms with E-state index in [-0.39, 0.29) is 24.4 Å². The van der Waals surface area contributed by atoms with Gasteiger partial charge in [0.05, 0.1) is 6.54 Å². The first kappa shape index (κ1) is 10.8. The summed E-state index contributed by atoms with van der Waals surface area (Å²) in [7, 11) is 0. The van der Waals surface area contributed by atoms with Crippen molar-refractivity contribution in [3.05, 3.63) is 12.2 Å². The maximum atomic E-state index is 11.2. The predicted molar refractivity (Wildman–Crippen MR) is 51.0 cm³/mol. The molecule has 1 saturated heterocycles. The topological polar surface area (TPSA) is 74.7 Å². The zero-order valence-corrected chi connectivity index (χ0v) is 8.17. The smallest absolute Gasteiger partial charge is 0.332 e. The van der Waals surface area contributed by atoms with Gasteiger partial charge in [-0.1, -0.05) is 18.3 Å². The van der Waals surface area contributed by atoms with E-state index in [0.717, 1.165) is 16.7 Å². The van der Waals surface area contributed by atoms with Crippen molar-refractivity contribution in [2.75, 3.05) is 12.3 Å². The van der Waals surface area contributed by atoms with Gasteiger partial charge in [-0.3, -0.25) is 14.5 Å². The standard InChI is InChI=1S/C8H9NO4S/c1-5(7(11)12)4-9-6(10)2-3-14-8(9)13/h1-4H2,(H,11,12). The molecule has 5 nitrogen and oxygen atoms in total. The summed E-state index contributed by atoms with van der Waals surface area (Å²) in [6, 6.07) is 0. The second kappa shape index (κ2) is 4.28. The number of hydrogen-bond acceptors (Lipinski definition) is 4. The average Bonchev–Trinajstić information content (AvgIpc) is 2.11. The number of carboxylic acid groups (broad SMARTS) is 1. The first-order chi connectivity index (χ1) is 6.52. The summed E-state index contributed by atoms with van der Waals surface area (Å²) in [5, 5.41) is 8.13. The Kier molecular flexibility index (Phi) is 3.29. The number of thioether (sulfide) groups is 1. The summed E-state index contributed by atoms with van der Waals surface area (Å²) in [5.41, 5.74) is -0.158. The first-order valence-corrected chi connectivity index (χ1v) is 4.89. The van der Waals surface area contributed by atoms with Gasteiger partial charge in [0.25, 0.3) is 5.24 Å². The highest BCUT2D eigenvalue weighted by molar-refractivity contribution is 8.13. The van der Waals surface area contributed by atoms with Gasteiger partial charge in [-0.2, -0.15) is 0 Å². The number of carbonyl (C=O) groups is 3. The highest BCUT2D eigenvalue weighted by atomic mass is 32.2. The molecule has 0 atom stereocenters. The van der Waals surface area contributed by atoms with E-state index in [1.54, 1.807) is 0 Å². The lowest BCUT2D eigenvalue weighted by Crippen LogP contribution is -2.40. The van der Waals surface area contributed by atoms with E-state index in [4.69, 9.17) is 5.11 Å². The van der Waals surface area contributed by atoms with Crippen molar-refractivity contribution in [2.24, 2.45) is 0 Å². The molecule has 0 bridgehead atoms. The van der Waals surface area contributed by atoms with Crippen LogP contribution in [0, 0.1) is 0 Å². The predicted octanol–water partition coefficient (Wildman–Crippen LogP) is 0.713. The molecule has 1 fully saturated rings. The van der Waals surface area contributed by atoms with E-state index in [1.165, 1.54) is 0 Å². The van der Waals surface area contributed by atoms with Gasteiger partial charge < -0.3 is 5.11 Å². The maximum Gasteiger partial charge on any atom is 0.332 e. The fourth-order valence-corrected chi connectivity index (χ4v) is 1.73. The molecule has 0 aliphatic carbocycles. The van der Waals surface area contributed by atoms with Crippen LogP contribution in [0.3, 0.4) is 0 Å². The average molecular weight is 215 g/mol. The SMILES string of the molecule is C=C(CN1C(=O)CCSC1=O)C(=O)O. The van der Waals surface area contributed by atoms with Gasteiger partial charge in [-0.05, 0) is 0 Å². The molecule has 14 heavy (non-hydrogen) atoms. The van der Waals surface area contributed by atoms with Crippen LogP contribution in [-0.2, 0) is 9.59 Å². The number of amides is 2. The molecular weight excluding hydrogens is 206 g/mol. The van der Waals surface area contributed by atoms with E-state index in [0.29, 0.717) is 5.75 Å². The fourth-order valence-electron chi connectivity index (χ4n) is 0.952. The van der Waals surface area contributed by atoms with E-state index in [9.17, 15) is 14.4 Å². The monoisotopic (exact) mass is 215 g/mol. The molecule has 1 heterocycles. The summed E-state index contributed by atoms with van der Waals surface area (Å²) >= 11 is 1.02. The molecule has 1 N–H and O–H groups in total. The Hall–Kier alpha value is -1.30. The van der Waals surface area contributed by atoms with Crippen molar-refractivity contribution in [3.8, 4) is 0 Å². The van der Waals surface area contributed by atoms with Crippen molar-refractivity contribution >= 4 is 28.9 Å². The van der Waals surface area contributed by atoms with Crippen LogP contribution in [0.2, 0.25) is 0 Å². The van der Waals surface area contributed by atoms with Crippen molar-refractivity contribution in [1.82, 2.24) is 4.90 Å². The lowest BCUT2D eigenvalue weighted by Gasteiger charge is -2.23. The normalized spacial score (nSPS) is 17.0. The van der Waals surface area contributed by atoms with Crippen LogP contribution >= 0.6 is 11.8 Å². The number of hydrogen-bond donors (Lipinski definition) is 1. The summed E-state index contributed by atoms with van der Waals surface area (Å²) in [6.07, 6.45) is 0.267. The molecular formula is C8H9NO4S. The second-order valence-corrected chi connectivity index (χ2v) is 3.80. The van der Waals surface area contributed by atoms with Crippen molar-refractivity contribution in [1.29, 1.82) is 0 Å². The van der Waals surface area contributed by atoms with Crippen LogP contribution in [0.1, 0.15) is 6.42 Å².